The maximum atomic E-state index is 5.64. The van der Waals surface area contributed by atoms with Crippen LogP contribution in [0.4, 0.5) is 0 Å². The van der Waals surface area contributed by atoms with Crippen LogP contribution in [0.3, 0.4) is 0 Å². The number of methoxy groups -OCH3 is 1. The first-order chi connectivity index (χ1) is 14.8. The summed E-state index contributed by atoms with van der Waals surface area (Å²) < 4.78 is 9.36. The SMILES string of the molecule is COc1ccccc1C(c1cn(Cc2ccccc2)nn1)n1nnc2ccccc21. The molecule has 0 aliphatic carbocycles. The van der Waals surface area contributed by atoms with Crippen molar-refractivity contribution >= 4 is 11.0 Å². The zero-order valence-corrected chi connectivity index (χ0v) is 16.5. The molecular weight excluding hydrogens is 376 g/mol. The summed E-state index contributed by atoms with van der Waals surface area (Å²) in [5.74, 6) is 0.764. The number of nitrogens with zero attached hydrogens (tertiary/aromatic N) is 6. The Balaban J connectivity index is 1.62. The van der Waals surface area contributed by atoms with Crippen molar-refractivity contribution in [1.82, 2.24) is 30.0 Å². The number of ether oxygens (including phenoxy) is 1. The van der Waals surface area contributed by atoms with E-state index in [1.54, 1.807) is 7.11 Å². The molecule has 0 amide bonds. The average molecular weight is 396 g/mol. The minimum Gasteiger partial charge on any atom is -0.496 e. The largest absolute Gasteiger partial charge is 0.496 e. The molecule has 148 valence electrons. The van der Waals surface area contributed by atoms with Crippen molar-refractivity contribution in [2.24, 2.45) is 0 Å². The predicted octanol–water partition coefficient (Wildman–Crippen LogP) is 3.72. The molecule has 0 spiro atoms. The zero-order chi connectivity index (χ0) is 20.3. The van der Waals surface area contributed by atoms with Crippen LogP contribution in [0.5, 0.6) is 5.75 Å². The predicted molar refractivity (Wildman–Crippen MR) is 113 cm³/mol. The maximum absolute atomic E-state index is 5.64. The first-order valence-electron chi connectivity index (χ1n) is 9.70. The maximum Gasteiger partial charge on any atom is 0.128 e. The first kappa shape index (κ1) is 18.1. The van der Waals surface area contributed by atoms with E-state index in [1.165, 1.54) is 0 Å². The van der Waals surface area contributed by atoms with Crippen LogP contribution in [0.2, 0.25) is 0 Å². The molecule has 1 atom stereocenters. The van der Waals surface area contributed by atoms with Crippen molar-refractivity contribution in [3.63, 3.8) is 0 Å². The standard InChI is InChI=1S/C23H20N6O/c1-30-22-14-8-5-11-18(22)23(29-21-13-7-6-12-19(21)24-27-29)20-16-28(26-25-20)15-17-9-3-2-4-10-17/h2-14,16,23H,15H2,1H3. The monoisotopic (exact) mass is 396 g/mol. The van der Waals surface area contributed by atoms with Gasteiger partial charge in [-0.05, 0) is 23.8 Å². The zero-order valence-electron chi connectivity index (χ0n) is 16.5. The third kappa shape index (κ3) is 3.30. The van der Waals surface area contributed by atoms with E-state index in [-0.39, 0.29) is 6.04 Å². The van der Waals surface area contributed by atoms with E-state index in [1.807, 2.05) is 82.3 Å². The second kappa shape index (κ2) is 7.79. The summed E-state index contributed by atoms with van der Waals surface area (Å²) in [4.78, 5) is 0. The van der Waals surface area contributed by atoms with Crippen LogP contribution in [0.1, 0.15) is 22.9 Å². The molecule has 0 aliphatic heterocycles. The molecule has 0 fully saturated rings. The second-order valence-electron chi connectivity index (χ2n) is 6.99. The van der Waals surface area contributed by atoms with Gasteiger partial charge in [0.15, 0.2) is 0 Å². The Bertz CT molecular complexity index is 1280. The molecule has 0 N–H and O–H groups in total. The molecule has 2 heterocycles. The van der Waals surface area contributed by atoms with Gasteiger partial charge < -0.3 is 4.74 Å². The van der Waals surface area contributed by atoms with E-state index in [4.69, 9.17) is 4.74 Å². The number of para-hydroxylation sites is 2. The van der Waals surface area contributed by atoms with Crippen LogP contribution in [-0.2, 0) is 6.54 Å². The van der Waals surface area contributed by atoms with Gasteiger partial charge in [-0.25, -0.2) is 9.36 Å². The molecule has 7 nitrogen and oxygen atoms in total. The van der Waals surface area contributed by atoms with E-state index >= 15 is 0 Å². The number of fused-ring (bicyclic) bond motifs is 1. The molecule has 0 aliphatic rings. The van der Waals surface area contributed by atoms with Crippen LogP contribution < -0.4 is 4.74 Å². The third-order valence-electron chi connectivity index (χ3n) is 5.08. The van der Waals surface area contributed by atoms with Gasteiger partial charge in [0.1, 0.15) is 23.0 Å². The summed E-state index contributed by atoms with van der Waals surface area (Å²) >= 11 is 0. The van der Waals surface area contributed by atoms with Crippen molar-refractivity contribution < 1.29 is 4.74 Å². The van der Waals surface area contributed by atoms with Crippen LogP contribution in [0.15, 0.2) is 85.1 Å². The molecule has 2 aromatic heterocycles. The Morgan fingerprint density at radius 2 is 1.60 bits per heavy atom. The number of benzene rings is 3. The summed E-state index contributed by atoms with van der Waals surface area (Å²) in [6.45, 7) is 0.643. The normalized spacial score (nSPS) is 12.2. The highest BCUT2D eigenvalue weighted by molar-refractivity contribution is 5.74. The van der Waals surface area contributed by atoms with Gasteiger partial charge in [-0.3, -0.25) is 0 Å². The molecule has 5 rings (SSSR count). The summed E-state index contributed by atoms with van der Waals surface area (Å²) in [5, 5.41) is 17.7. The lowest BCUT2D eigenvalue weighted by atomic mass is 10.0. The molecule has 7 heteroatoms. The lowest BCUT2D eigenvalue weighted by molar-refractivity contribution is 0.402. The Hall–Kier alpha value is -4.00. The number of hydrogen-bond acceptors (Lipinski definition) is 5. The molecular formula is C23H20N6O. The fraction of sp³-hybridized carbons (Fsp3) is 0.130. The highest BCUT2D eigenvalue weighted by Crippen LogP contribution is 2.33. The van der Waals surface area contributed by atoms with Gasteiger partial charge in [-0.15, -0.1) is 10.2 Å². The lowest BCUT2D eigenvalue weighted by Crippen LogP contribution is -2.15. The summed E-state index contributed by atoms with van der Waals surface area (Å²) in [6, 6.07) is 25.7. The first-order valence-corrected chi connectivity index (χ1v) is 9.70. The van der Waals surface area contributed by atoms with Crippen molar-refractivity contribution in [3.05, 3.63) is 102 Å². The smallest absolute Gasteiger partial charge is 0.128 e. The average Bonchev–Trinajstić information content (AvgIpc) is 3.43. The van der Waals surface area contributed by atoms with E-state index < -0.39 is 0 Å². The van der Waals surface area contributed by atoms with Gasteiger partial charge in [0, 0.05) is 5.56 Å². The van der Waals surface area contributed by atoms with Crippen LogP contribution in [0, 0.1) is 0 Å². The molecule has 0 radical (unpaired) electrons. The van der Waals surface area contributed by atoms with Crippen molar-refractivity contribution in [2.75, 3.05) is 7.11 Å². The van der Waals surface area contributed by atoms with Crippen molar-refractivity contribution in [2.45, 2.75) is 12.6 Å². The van der Waals surface area contributed by atoms with E-state index in [2.05, 4.69) is 32.8 Å². The summed E-state index contributed by atoms with van der Waals surface area (Å²) in [7, 11) is 1.67. The van der Waals surface area contributed by atoms with Gasteiger partial charge in [0.05, 0.1) is 25.4 Å². The molecule has 0 saturated heterocycles. The number of aromatic nitrogens is 6. The van der Waals surface area contributed by atoms with Crippen LogP contribution >= 0.6 is 0 Å². The van der Waals surface area contributed by atoms with E-state index in [0.29, 0.717) is 6.54 Å². The summed E-state index contributed by atoms with van der Waals surface area (Å²) in [6.07, 6.45) is 1.96. The van der Waals surface area contributed by atoms with Gasteiger partial charge in [-0.1, -0.05) is 71.1 Å². The Labute approximate surface area is 173 Å². The Kier molecular flexibility index (Phi) is 4.69. The lowest BCUT2D eigenvalue weighted by Gasteiger charge is -2.18. The van der Waals surface area contributed by atoms with Gasteiger partial charge in [0.2, 0.25) is 0 Å². The van der Waals surface area contributed by atoms with Crippen molar-refractivity contribution in [1.29, 1.82) is 0 Å². The van der Waals surface area contributed by atoms with Gasteiger partial charge in [0.25, 0.3) is 0 Å². The minimum absolute atomic E-state index is 0.321. The van der Waals surface area contributed by atoms with Gasteiger partial charge in [-0.2, -0.15) is 0 Å². The third-order valence-corrected chi connectivity index (χ3v) is 5.08. The number of rotatable bonds is 6. The topological polar surface area (TPSA) is 70.7 Å². The van der Waals surface area contributed by atoms with Crippen molar-refractivity contribution in [3.8, 4) is 5.75 Å². The minimum atomic E-state index is -0.321. The highest BCUT2D eigenvalue weighted by Gasteiger charge is 2.26. The quantitative estimate of drug-likeness (QED) is 0.437. The van der Waals surface area contributed by atoms with E-state index in [9.17, 15) is 0 Å². The van der Waals surface area contributed by atoms with Crippen LogP contribution in [-0.4, -0.2) is 37.1 Å². The molecule has 30 heavy (non-hydrogen) atoms. The molecule has 1 unspecified atom stereocenters. The number of hydrogen-bond donors (Lipinski definition) is 0. The molecule has 3 aromatic carbocycles. The highest BCUT2D eigenvalue weighted by atomic mass is 16.5. The molecule has 0 saturated carbocycles. The van der Waals surface area contributed by atoms with E-state index in [0.717, 1.165) is 33.6 Å². The fourth-order valence-electron chi connectivity index (χ4n) is 3.67. The second-order valence-corrected chi connectivity index (χ2v) is 6.99. The Morgan fingerprint density at radius 3 is 2.47 bits per heavy atom. The fourth-order valence-corrected chi connectivity index (χ4v) is 3.67. The Morgan fingerprint density at radius 1 is 0.833 bits per heavy atom. The van der Waals surface area contributed by atoms with Crippen LogP contribution in [0.25, 0.3) is 11.0 Å². The van der Waals surface area contributed by atoms with Gasteiger partial charge >= 0.3 is 0 Å². The summed E-state index contributed by atoms with van der Waals surface area (Å²) in [5.41, 5.74) is 4.63. The molecule has 5 aromatic rings. The molecule has 0 bridgehead atoms.